The molecule has 1 unspecified atom stereocenters. The molecule has 4 rings (SSSR count). The first-order valence-electron chi connectivity index (χ1n) is 14.3. The van der Waals surface area contributed by atoms with E-state index < -0.39 is 118 Å². The largest absolute Gasteiger partial charge is 0.395 e. The predicted molar refractivity (Wildman–Crippen MR) is 142 cm³/mol. The Bertz CT molecular complexity index is 831. The van der Waals surface area contributed by atoms with Crippen LogP contribution in [0.25, 0.3) is 0 Å². The Morgan fingerprint density at radius 3 is 2.02 bits per heavy atom. The first-order valence-corrected chi connectivity index (χ1v) is 14.3. The molecular weight excluding hydrogens is 564 g/mol. The van der Waals surface area contributed by atoms with Crippen LogP contribution in [0.3, 0.4) is 0 Å². The summed E-state index contributed by atoms with van der Waals surface area (Å²) in [5, 5.41) is 92.2. The van der Waals surface area contributed by atoms with Crippen molar-refractivity contribution in [1.82, 2.24) is 16.0 Å². The molecule has 15 atom stereocenters. The van der Waals surface area contributed by atoms with E-state index in [2.05, 4.69) is 16.0 Å². The van der Waals surface area contributed by atoms with Gasteiger partial charge in [-0.1, -0.05) is 0 Å². The molecule has 4 fully saturated rings. The predicted octanol–water partition coefficient (Wildman–Crippen LogP) is -8.74. The van der Waals surface area contributed by atoms with E-state index in [9.17, 15) is 40.9 Å². The lowest BCUT2D eigenvalue weighted by molar-refractivity contribution is -0.321. The monoisotopic (exact) mass is 612 g/mol. The van der Waals surface area contributed by atoms with E-state index in [0.29, 0.717) is 13.1 Å². The fourth-order valence-corrected chi connectivity index (χ4v) is 5.86. The summed E-state index contributed by atoms with van der Waals surface area (Å²) in [4.78, 5) is 0. The number of aliphatic hydroxyl groups is 8. The maximum Gasteiger partial charge on any atom is 0.186 e. The fourth-order valence-electron chi connectivity index (χ4n) is 5.86. The van der Waals surface area contributed by atoms with Gasteiger partial charge in [0.2, 0.25) is 0 Å². The smallest absolute Gasteiger partial charge is 0.186 e. The van der Waals surface area contributed by atoms with E-state index in [1.807, 2.05) is 0 Å². The van der Waals surface area contributed by atoms with Crippen LogP contribution in [-0.4, -0.2) is 184 Å². The molecule has 3 heterocycles. The van der Waals surface area contributed by atoms with Crippen molar-refractivity contribution in [3.8, 4) is 0 Å². The van der Waals surface area contributed by atoms with Gasteiger partial charge in [-0.25, -0.2) is 0 Å². The molecule has 0 spiro atoms. The lowest BCUT2D eigenvalue weighted by Gasteiger charge is -2.50. The Morgan fingerprint density at radius 1 is 0.810 bits per heavy atom. The lowest BCUT2D eigenvalue weighted by Crippen LogP contribution is -2.72. The summed E-state index contributed by atoms with van der Waals surface area (Å²) in [5.41, 5.74) is 18.1. The van der Waals surface area contributed by atoms with Crippen molar-refractivity contribution in [3.05, 3.63) is 0 Å². The molecule has 18 heteroatoms. The van der Waals surface area contributed by atoms with Crippen molar-refractivity contribution in [2.24, 2.45) is 17.2 Å². The third-order valence-corrected chi connectivity index (χ3v) is 8.57. The van der Waals surface area contributed by atoms with Gasteiger partial charge in [0.05, 0.1) is 37.9 Å². The first kappa shape index (κ1) is 34.2. The highest BCUT2D eigenvalue weighted by atomic mass is 16.7. The van der Waals surface area contributed by atoms with Crippen molar-refractivity contribution in [2.45, 2.75) is 110 Å². The maximum atomic E-state index is 11.6. The number of nitrogens with two attached hydrogens (primary N) is 3. The van der Waals surface area contributed by atoms with E-state index >= 15 is 0 Å². The number of rotatable bonds is 12. The van der Waals surface area contributed by atoms with E-state index in [0.717, 1.165) is 0 Å². The maximum absolute atomic E-state index is 11.6. The molecule has 0 aromatic heterocycles. The fraction of sp³-hybridized carbons (Fsp3) is 1.00. The van der Waals surface area contributed by atoms with Crippen molar-refractivity contribution < 1.29 is 59.8 Å². The zero-order valence-corrected chi connectivity index (χ0v) is 23.2. The molecule has 4 aliphatic rings. The molecular formula is C24H48N6O12. The number of hydrogen-bond acceptors (Lipinski definition) is 18. The number of aliphatic hydroxyl groups excluding tert-OH is 8. The quantitative estimate of drug-likeness (QED) is 0.0972. The van der Waals surface area contributed by atoms with Gasteiger partial charge in [0.15, 0.2) is 12.6 Å². The van der Waals surface area contributed by atoms with Gasteiger partial charge in [0, 0.05) is 37.8 Å². The zero-order chi connectivity index (χ0) is 30.7. The third kappa shape index (κ3) is 7.22. The van der Waals surface area contributed by atoms with Gasteiger partial charge in [-0.3, -0.25) is 0 Å². The minimum atomic E-state index is -1.55. The molecule has 1 aliphatic carbocycles. The Balaban J connectivity index is 1.57. The molecule has 0 aromatic carbocycles. The van der Waals surface area contributed by atoms with Gasteiger partial charge in [0.25, 0.3) is 0 Å². The number of hydrogen-bond donors (Lipinski definition) is 14. The highest BCUT2D eigenvalue weighted by molar-refractivity contribution is 5.04. The Labute approximate surface area is 243 Å². The molecule has 0 aromatic rings. The average Bonchev–Trinajstić information content (AvgIpc) is 2.95. The van der Waals surface area contributed by atoms with E-state index in [1.165, 1.54) is 0 Å². The summed E-state index contributed by atoms with van der Waals surface area (Å²) in [6.07, 6.45) is -14.3. The van der Waals surface area contributed by atoms with E-state index in [4.69, 9.17) is 36.1 Å². The SMILES string of the molecule is NC[C@H]1O[C@H](OC2[C@@H](N)C[C@@H](NC(CO)CO)[C@H](O[C@H]3O[C@H](CO)[C@@H](O)[C@H](N)[C@H]3O)[C@H]2O)[C@H](NC2CNC2)[C@@H](O)[C@@H]1O. The van der Waals surface area contributed by atoms with Crippen LogP contribution in [0.2, 0.25) is 0 Å². The van der Waals surface area contributed by atoms with Crippen LogP contribution in [0.15, 0.2) is 0 Å². The van der Waals surface area contributed by atoms with Crippen LogP contribution in [0.4, 0.5) is 0 Å². The summed E-state index contributed by atoms with van der Waals surface area (Å²) in [5.74, 6) is 0. The summed E-state index contributed by atoms with van der Waals surface area (Å²) in [6.45, 7) is -0.398. The Hall–Kier alpha value is -0.720. The summed E-state index contributed by atoms with van der Waals surface area (Å²) >= 11 is 0. The van der Waals surface area contributed by atoms with Crippen molar-refractivity contribution >= 4 is 0 Å². The molecule has 0 radical (unpaired) electrons. The van der Waals surface area contributed by atoms with Gasteiger partial charge < -0.3 is 93.0 Å². The Morgan fingerprint density at radius 2 is 1.45 bits per heavy atom. The minimum absolute atomic E-state index is 0.0338. The first-order chi connectivity index (χ1) is 20.0. The van der Waals surface area contributed by atoms with Gasteiger partial charge in [-0.2, -0.15) is 0 Å². The van der Waals surface area contributed by atoms with Gasteiger partial charge >= 0.3 is 0 Å². The highest BCUT2D eigenvalue weighted by Gasteiger charge is 2.53. The lowest BCUT2D eigenvalue weighted by atomic mass is 9.83. The van der Waals surface area contributed by atoms with Crippen molar-refractivity contribution in [2.75, 3.05) is 39.5 Å². The van der Waals surface area contributed by atoms with Gasteiger partial charge in [-0.15, -0.1) is 0 Å². The summed E-state index contributed by atoms with van der Waals surface area (Å²) in [6, 6.07) is -4.67. The van der Waals surface area contributed by atoms with Gasteiger partial charge in [0.1, 0.15) is 54.9 Å². The van der Waals surface area contributed by atoms with Crippen LogP contribution >= 0.6 is 0 Å². The molecule has 42 heavy (non-hydrogen) atoms. The standard InChI is InChI=1S/C24H48N6O12/c25-2-12-17(35)19(37)15(30-8-3-28-4-8)23(39-12)41-21-10(26)1-11(29-9(5-31)6-32)22(20(21)38)42-24-18(36)14(27)16(34)13(7-33)40-24/h8-24,28-38H,1-7,25-27H2/t10-,11+,12+,13+,14-,15+,16+,17+,18+,19+,20-,21?,22-,23+,24+/m0/s1. The molecule has 3 saturated heterocycles. The van der Waals surface area contributed by atoms with Gasteiger partial charge in [-0.05, 0) is 6.42 Å². The normalized spacial score (nSPS) is 47.0. The third-order valence-electron chi connectivity index (χ3n) is 8.57. The average molecular weight is 613 g/mol. The highest BCUT2D eigenvalue weighted by Crippen LogP contribution is 2.32. The molecule has 0 bridgehead atoms. The topological polar surface area (TPSA) is 313 Å². The van der Waals surface area contributed by atoms with Crippen molar-refractivity contribution in [3.63, 3.8) is 0 Å². The van der Waals surface area contributed by atoms with E-state index in [1.54, 1.807) is 0 Å². The second-order valence-electron chi connectivity index (χ2n) is 11.5. The molecule has 18 nitrogen and oxygen atoms in total. The number of nitrogens with one attached hydrogen (secondary N) is 3. The van der Waals surface area contributed by atoms with Crippen LogP contribution in [0.1, 0.15) is 6.42 Å². The van der Waals surface area contributed by atoms with E-state index in [-0.39, 0.29) is 19.0 Å². The van der Waals surface area contributed by atoms with Crippen molar-refractivity contribution in [1.29, 1.82) is 0 Å². The Kier molecular flexibility index (Phi) is 12.2. The van der Waals surface area contributed by atoms with Crippen LogP contribution < -0.4 is 33.2 Å². The second kappa shape index (κ2) is 15.0. The molecule has 246 valence electrons. The molecule has 0 amide bonds. The van der Waals surface area contributed by atoms with Crippen LogP contribution in [-0.2, 0) is 18.9 Å². The summed E-state index contributed by atoms with van der Waals surface area (Å²) < 4.78 is 23.7. The minimum Gasteiger partial charge on any atom is -0.395 e. The molecule has 1 saturated carbocycles. The molecule has 3 aliphatic heterocycles. The zero-order valence-electron chi connectivity index (χ0n) is 23.2. The van der Waals surface area contributed by atoms with Crippen LogP contribution in [0.5, 0.6) is 0 Å². The number of ether oxygens (including phenoxy) is 4. The second-order valence-corrected chi connectivity index (χ2v) is 11.5. The summed E-state index contributed by atoms with van der Waals surface area (Å²) in [7, 11) is 0. The molecule has 17 N–H and O–H groups in total. The van der Waals surface area contributed by atoms with Crippen LogP contribution in [0, 0.1) is 0 Å².